The van der Waals surface area contributed by atoms with Crippen molar-refractivity contribution in [2.45, 2.75) is 19.1 Å². The zero-order valence-corrected chi connectivity index (χ0v) is 6.81. The third-order valence-electron chi connectivity index (χ3n) is 1.36. The zero-order chi connectivity index (χ0) is 8.49. The Kier molecular flexibility index (Phi) is 6.81. The average molecular weight is 155 g/mol. The molecule has 2 aliphatic rings. The molecule has 0 aromatic carbocycles. The Hall–Kier alpha value is 0.270. The van der Waals surface area contributed by atoms with Crippen molar-refractivity contribution in [1.82, 2.24) is 0 Å². The molecule has 0 aromatic heterocycles. The molecule has 2 rings (SSSR count). The molecular formula is C3H6B6O3. The molecule has 54 valence electrons. The minimum Gasteiger partial charge on any atom is -0.295 e. The second-order valence-corrected chi connectivity index (χ2v) is 2.32. The molecule has 0 aliphatic carbocycles. The van der Waals surface area contributed by atoms with Gasteiger partial charge in [0.1, 0.15) is 7.06 Å². The van der Waals surface area contributed by atoms with E-state index in [9.17, 15) is 0 Å². The largest absolute Gasteiger partial charge is 0.295 e. The maximum absolute atomic E-state index is 4.14. The summed E-state index contributed by atoms with van der Waals surface area (Å²) < 4.78 is 0. The fourth-order valence-electron chi connectivity index (χ4n) is 0.806. The first kappa shape index (κ1) is 10.4. The summed E-state index contributed by atoms with van der Waals surface area (Å²) in [6.07, 6.45) is 3.93. The summed E-state index contributed by atoms with van der Waals surface area (Å²) >= 11 is 0. The highest BCUT2D eigenvalue weighted by Crippen LogP contribution is 1.98. The van der Waals surface area contributed by atoms with Crippen LogP contribution in [0, 0.1) is 0 Å². The van der Waals surface area contributed by atoms with Gasteiger partial charge in [0.25, 0.3) is 14.7 Å². The lowest BCUT2D eigenvalue weighted by atomic mass is 9.15. The first-order chi connectivity index (χ1) is 6.00. The smallest absolute Gasteiger partial charge is 0.289 e. The molecule has 0 spiro atoms. The van der Waals surface area contributed by atoms with Crippen LogP contribution in [0.5, 0.6) is 0 Å². The molecule has 0 saturated carbocycles. The van der Waals surface area contributed by atoms with Crippen molar-refractivity contribution in [3.63, 3.8) is 0 Å². The summed E-state index contributed by atoms with van der Waals surface area (Å²) in [7, 11) is 10.9. The summed E-state index contributed by atoms with van der Waals surface area (Å²) in [5.41, 5.74) is 0. The molecule has 0 unspecified atom stereocenters. The van der Waals surface area contributed by atoms with Crippen molar-refractivity contribution in [2.75, 3.05) is 0 Å². The molecule has 0 N–H and O–H groups in total. The van der Waals surface area contributed by atoms with Gasteiger partial charge in [-0.05, 0) is 0 Å². The summed E-state index contributed by atoms with van der Waals surface area (Å²) in [4.78, 5) is 8.27. The van der Waals surface area contributed by atoms with E-state index < -0.39 is 0 Å². The van der Waals surface area contributed by atoms with Crippen LogP contribution in [0.3, 0.4) is 0 Å². The van der Waals surface area contributed by atoms with Crippen LogP contribution in [0.15, 0.2) is 0 Å². The molecule has 0 bridgehead atoms. The van der Waals surface area contributed by atoms with Gasteiger partial charge < -0.3 is 0 Å². The fraction of sp³-hybridized carbons (Fsp3) is 1.00. The van der Waals surface area contributed by atoms with Crippen LogP contribution in [0.2, 0.25) is 12.6 Å². The summed E-state index contributed by atoms with van der Waals surface area (Å²) in [5.74, 6) is 0. The minimum absolute atomic E-state index is 1.29. The topological polar surface area (TPSA) is 27.7 Å². The molecule has 2 saturated heterocycles. The van der Waals surface area contributed by atoms with Crippen molar-refractivity contribution in [3.05, 3.63) is 0 Å². The lowest BCUT2D eigenvalue weighted by Gasteiger charge is -2.04. The number of rotatable bonds is 0. The van der Waals surface area contributed by atoms with E-state index in [1.54, 1.807) is 7.06 Å². The second kappa shape index (κ2) is 7.90. The normalized spacial score (nSPS) is 20.0. The monoisotopic (exact) mass is 156 g/mol. The fourth-order valence-corrected chi connectivity index (χ4v) is 0.806. The molecular weight excluding hydrogens is 149 g/mol. The Bertz CT molecular complexity index is 61.0. The van der Waals surface area contributed by atoms with Crippen molar-refractivity contribution in [3.8, 4) is 0 Å². The standard InChI is InChI=1S/C3H6B3.B3O3/c2*1-2-4-6-5-3-1/h1-3H2;. The van der Waals surface area contributed by atoms with Gasteiger partial charge >= 0.3 is 0 Å². The van der Waals surface area contributed by atoms with Crippen molar-refractivity contribution in [2.24, 2.45) is 0 Å². The first-order valence-corrected chi connectivity index (χ1v) is 3.95. The van der Waals surface area contributed by atoms with Crippen LogP contribution >= 0.6 is 0 Å². The Morgan fingerprint density at radius 1 is 0.833 bits per heavy atom. The lowest BCUT2D eigenvalue weighted by molar-refractivity contribution is -0.417. The van der Waals surface area contributed by atoms with Gasteiger partial charge in [-0.3, -0.25) is 9.61 Å². The Balaban J connectivity index is 0.000000120. The van der Waals surface area contributed by atoms with Gasteiger partial charge in [-0.15, -0.1) is 5.04 Å². The maximum atomic E-state index is 4.14. The van der Waals surface area contributed by atoms with E-state index in [4.69, 9.17) is 0 Å². The van der Waals surface area contributed by atoms with Gasteiger partial charge in [-0.1, -0.05) is 19.1 Å². The van der Waals surface area contributed by atoms with E-state index in [-0.39, 0.29) is 0 Å². The van der Waals surface area contributed by atoms with E-state index >= 15 is 0 Å². The highest BCUT2D eigenvalue weighted by Gasteiger charge is 2.04. The van der Waals surface area contributed by atoms with Crippen molar-refractivity contribution < 1.29 is 14.6 Å². The van der Waals surface area contributed by atoms with Gasteiger partial charge in [0.15, 0.2) is 0 Å². The van der Waals surface area contributed by atoms with Crippen molar-refractivity contribution >= 4 is 43.2 Å². The van der Waals surface area contributed by atoms with Gasteiger partial charge in [-0.25, -0.2) is 0 Å². The van der Waals surface area contributed by atoms with Crippen LogP contribution in [0.4, 0.5) is 0 Å². The second-order valence-electron chi connectivity index (χ2n) is 2.32. The Morgan fingerprint density at radius 3 is 1.67 bits per heavy atom. The van der Waals surface area contributed by atoms with Crippen LogP contribution in [0.1, 0.15) is 6.42 Å². The summed E-state index contributed by atoms with van der Waals surface area (Å²) in [5, 5.41) is 3.93. The summed E-state index contributed by atoms with van der Waals surface area (Å²) in [6, 6.07) is 0. The molecule has 12 heavy (non-hydrogen) atoms. The minimum atomic E-state index is 1.29. The van der Waals surface area contributed by atoms with Crippen LogP contribution in [-0.2, 0) is 14.6 Å². The van der Waals surface area contributed by atoms with E-state index in [1.165, 1.54) is 33.8 Å². The van der Waals surface area contributed by atoms with E-state index in [1.807, 2.05) is 0 Å². The third-order valence-corrected chi connectivity index (χ3v) is 1.36. The van der Waals surface area contributed by atoms with Crippen LogP contribution < -0.4 is 0 Å². The highest BCUT2D eigenvalue weighted by molar-refractivity contribution is 7.29. The number of hydrogen-bond donors (Lipinski definition) is 0. The SMILES string of the molecule is [B]1[B]CCC[B]1.[B]1[B]OOO[B]1. The van der Waals surface area contributed by atoms with E-state index in [2.05, 4.69) is 36.1 Å². The van der Waals surface area contributed by atoms with Crippen LogP contribution in [0.25, 0.3) is 0 Å². The molecule has 0 aromatic rings. The molecule has 2 heterocycles. The summed E-state index contributed by atoms with van der Waals surface area (Å²) in [6.45, 7) is 0. The molecule has 2 fully saturated rings. The third kappa shape index (κ3) is 5.86. The Morgan fingerprint density at radius 2 is 1.50 bits per heavy atom. The maximum Gasteiger partial charge on any atom is 0.289 e. The zero-order valence-electron chi connectivity index (χ0n) is 6.81. The lowest BCUT2D eigenvalue weighted by Crippen LogP contribution is -2.25. The quantitative estimate of drug-likeness (QED) is 0.325. The highest BCUT2D eigenvalue weighted by atomic mass is 17.5. The van der Waals surface area contributed by atoms with E-state index in [0.29, 0.717) is 0 Å². The Labute approximate surface area is 77.6 Å². The predicted molar refractivity (Wildman–Crippen MR) is 52.0 cm³/mol. The van der Waals surface area contributed by atoms with Gasteiger partial charge in [-0.2, -0.15) is 0 Å². The molecule has 0 atom stereocenters. The molecule has 0 amide bonds. The molecule has 3 nitrogen and oxygen atoms in total. The average Bonchev–Trinajstić information content (AvgIpc) is 2.24. The molecule has 2 aliphatic heterocycles. The van der Waals surface area contributed by atoms with Crippen molar-refractivity contribution in [1.29, 1.82) is 0 Å². The van der Waals surface area contributed by atoms with Gasteiger partial charge in [0.2, 0.25) is 0 Å². The van der Waals surface area contributed by atoms with Crippen LogP contribution in [-0.4, -0.2) is 43.2 Å². The van der Waals surface area contributed by atoms with Gasteiger partial charge in [0.05, 0.1) is 14.3 Å². The molecule has 9 heteroatoms. The number of hydrogen-bond acceptors (Lipinski definition) is 3. The predicted octanol–water partition coefficient (Wildman–Crippen LogP) is -1.18. The van der Waals surface area contributed by atoms with E-state index in [0.717, 1.165) is 0 Å². The van der Waals surface area contributed by atoms with Gasteiger partial charge in [0, 0.05) is 7.06 Å². The first-order valence-electron chi connectivity index (χ1n) is 3.95. The molecule has 6 radical (unpaired) electrons.